The van der Waals surface area contributed by atoms with Crippen LogP contribution in [0.2, 0.25) is 0 Å². The Bertz CT molecular complexity index is 733. The van der Waals surface area contributed by atoms with Crippen molar-refractivity contribution in [3.63, 3.8) is 0 Å². The molecule has 3 rings (SSSR count). The minimum atomic E-state index is -0.623. The summed E-state index contributed by atoms with van der Waals surface area (Å²) >= 11 is 0. The van der Waals surface area contributed by atoms with Gasteiger partial charge < -0.3 is 15.3 Å². The highest BCUT2D eigenvalue weighted by molar-refractivity contribution is 5.35. The fourth-order valence-corrected chi connectivity index (χ4v) is 6.12. The third-order valence-corrected chi connectivity index (χ3v) is 7.91. The average Bonchev–Trinajstić information content (AvgIpc) is 3.00. The molecule has 0 radical (unpaired) electrons. The molecule has 0 saturated heterocycles. The summed E-state index contributed by atoms with van der Waals surface area (Å²) in [5.74, 6) is 0.607. The summed E-state index contributed by atoms with van der Waals surface area (Å²) in [4.78, 5) is 0. The lowest BCUT2D eigenvalue weighted by Crippen LogP contribution is -2.29. The van der Waals surface area contributed by atoms with Crippen molar-refractivity contribution < 1.29 is 15.3 Å². The van der Waals surface area contributed by atoms with E-state index in [0.717, 1.165) is 31.3 Å². The van der Waals surface area contributed by atoms with Crippen LogP contribution in [0.5, 0.6) is 0 Å². The Kier molecular flexibility index (Phi) is 7.16. The van der Waals surface area contributed by atoms with Crippen molar-refractivity contribution in [3.8, 4) is 0 Å². The zero-order chi connectivity index (χ0) is 22.1. The summed E-state index contributed by atoms with van der Waals surface area (Å²) in [7, 11) is 0. The van der Waals surface area contributed by atoms with Crippen LogP contribution in [0.25, 0.3) is 0 Å². The fraction of sp³-hybridized carbons (Fsp3) is 0.704. The van der Waals surface area contributed by atoms with Crippen molar-refractivity contribution in [1.82, 2.24) is 0 Å². The molecule has 0 aliphatic heterocycles. The molecule has 0 aromatic heterocycles. The van der Waals surface area contributed by atoms with Gasteiger partial charge in [0.15, 0.2) is 0 Å². The van der Waals surface area contributed by atoms with Crippen LogP contribution in [0.1, 0.15) is 91.9 Å². The first-order valence-corrected chi connectivity index (χ1v) is 11.9. The third kappa shape index (κ3) is 5.18. The number of aliphatic hydroxyl groups is 3. The molecule has 4 atom stereocenters. The fourth-order valence-electron chi connectivity index (χ4n) is 6.12. The molecule has 3 nitrogen and oxygen atoms in total. The summed E-state index contributed by atoms with van der Waals surface area (Å²) in [6.07, 6.45) is 13.5. The molecule has 0 aromatic rings. The molecule has 0 heterocycles. The van der Waals surface area contributed by atoms with E-state index < -0.39 is 17.8 Å². The predicted octanol–water partition coefficient (Wildman–Crippen LogP) is 5.77. The van der Waals surface area contributed by atoms with E-state index in [2.05, 4.69) is 32.6 Å². The molecule has 3 heteroatoms. The number of rotatable bonds is 5. The van der Waals surface area contributed by atoms with Crippen molar-refractivity contribution in [2.45, 2.75) is 110 Å². The average molecular weight is 415 g/mol. The standard InChI is InChI=1S/C27H42O3/c1-18(8-6-14-26(3,4)30)22-12-13-23-21(9-7-15-27(22,23)5)11-10-20-16-24(28)19(2)25(29)17-20/h10-11,23-25,28-30H,2,6-9,12-17H2,1,3-5H3/b21-11+,22-18-/t23-,24+,25+,27+/m0/s1. The maximum Gasteiger partial charge on any atom is 0.0809 e. The van der Waals surface area contributed by atoms with Gasteiger partial charge in [-0.25, -0.2) is 0 Å². The Morgan fingerprint density at radius 3 is 2.47 bits per heavy atom. The Morgan fingerprint density at radius 2 is 1.83 bits per heavy atom. The van der Waals surface area contributed by atoms with Crippen LogP contribution in [-0.2, 0) is 0 Å². The normalized spacial score (nSPS) is 35.6. The van der Waals surface area contributed by atoms with Crippen LogP contribution in [-0.4, -0.2) is 33.1 Å². The van der Waals surface area contributed by atoms with Gasteiger partial charge in [0.25, 0.3) is 0 Å². The Labute approximate surface area is 183 Å². The van der Waals surface area contributed by atoms with Gasteiger partial charge in [0.1, 0.15) is 0 Å². The lowest BCUT2D eigenvalue weighted by atomic mass is 9.64. The van der Waals surface area contributed by atoms with E-state index in [1.807, 2.05) is 13.8 Å². The van der Waals surface area contributed by atoms with E-state index >= 15 is 0 Å². The molecule has 3 N–H and O–H groups in total. The SMILES string of the molecule is C=C1[C@H](O)CC(=C/C=C2\CCC[C@]3(C)/C(=C(/C)CCCC(C)(C)O)CC[C@@H]23)C[C@H]1O. The van der Waals surface area contributed by atoms with Gasteiger partial charge in [-0.15, -0.1) is 0 Å². The van der Waals surface area contributed by atoms with Crippen LogP contribution >= 0.6 is 0 Å². The second kappa shape index (κ2) is 9.14. The molecule has 168 valence electrons. The van der Waals surface area contributed by atoms with E-state index in [9.17, 15) is 15.3 Å². The molecule has 0 aromatic carbocycles. The molecular formula is C27H42O3. The number of hydrogen-bond donors (Lipinski definition) is 3. The van der Waals surface area contributed by atoms with Crippen molar-refractivity contribution >= 4 is 0 Å². The van der Waals surface area contributed by atoms with Gasteiger partial charge in [-0.3, -0.25) is 0 Å². The van der Waals surface area contributed by atoms with E-state index in [-0.39, 0.29) is 5.41 Å². The first-order chi connectivity index (χ1) is 14.0. The molecule has 3 fully saturated rings. The highest BCUT2D eigenvalue weighted by Gasteiger charge is 2.46. The minimum Gasteiger partial charge on any atom is -0.390 e. The molecule has 3 aliphatic rings. The van der Waals surface area contributed by atoms with Gasteiger partial charge >= 0.3 is 0 Å². The zero-order valence-corrected chi connectivity index (χ0v) is 19.5. The Hall–Kier alpha value is -1.16. The summed E-state index contributed by atoms with van der Waals surface area (Å²) in [5, 5.41) is 30.3. The van der Waals surface area contributed by atoms with Gasteiger partial charge in [-0.2, -0.15) is 0 Å². The first-order valence-electron chi connectivity index (χ1n) is 11.9. The van der Waals surface area contributed by atoms with Crippen LogP contribution in [0.4, 0.5) is 0 Å². The van der Waals surface area contributed by atoms with Gasteiger partial charge in [-0.1, -0.05) is 47.9 Å². The molecule has 0 unspecified atom stereocenters. The summed E-state index contributed by atoms with van der Waals surface area (Å²) < 4.78 is 0. The number of fused-ring (bicyclic) bond motifs is 1. The summed E-state index contributed by atoms with van der Waals surface area (Å²) in [6, 6.07) is 0. The number of hydrogen-bond acceptors (Lipinski definition) is 3. The van der Waals surface area contributed by atoms with Crippen molar-refractivity contribution in [3.05, 3.63) is 46.6 Å². The molecule has 3 aliphatic carbocycles. The van der Waals surface area contributed by atoms with Crippen LogP contribution < -0.4 is 0 Å². The second-order valence-corrected chi connectivity index (χ2v) is 10.9. The minimum absolute atomic E-state index is 0.265. The molecule has 0 spiro atoms. The Morgan fingerprint density at radius 1 is 1.17 bits per heavy atom. The lowest BCUT2D eigenvalue weighted by molar-refractivity contribution is 0.0689. The van der Waals surface area contributed by atoms with Gasteiger partial charge in [-0.05, 0) is 102 Å². The van der Waals surface area contributed by atoms with E-state index in [0.29, 0.717) is 24.3 Å². The van der Waals surface area contributed by atoms with E-state index in [1.54, 1.807) is 16.7 Å². The molecule has 30 heavy (non-hydrogen) atoms. The predicted molar refractivity (Wildman–Crippen MR) is 124 cm³/mol. The van der Waals surface area contributed by atoms with Gasteiger partial charge in [0.2, 0.25) is 0 Å². The molecule has 0 bridgehead atoms. The quantitative estimate of drug-likeness (QED) is 0.501. The van der Waals surface area contributed by atoms with Crippen molar-refractivity contribution in [1.29, 1.82) is 0 Å². The molecular weight excluding hydrogens is 372 g/mol. The van der Waals surface area contributed by atoms with Gasteiger partial charge in [0.05, 0.1) is 17.8 Å². The van der Waals surface area contributed by atoms with Crippen LogP contribution in [0, 0.1) is 11.3 Å². The van der Waals surface area contributed by atoms with E-state index in [4.69, 9.17) is 0 Å². The Balaban J connectivity index is 1.74. The molecule has 3 saturated carbocycles. The molecule has 0 amide bonds. The largest absolute Gasteiger partial charge is 0.390 e. The van der Waals surface area contributed by atoms with Crippen molar-refractivity contribution in [2.24, 2.45) is 11.3 Å². The third-order valence-electron chi connectivity index (χ3n) is 7.91. The summed E-state index contributed by atoms with van der Waals surface area (Å²) in [6.45, 7) is 12.4. The van der Waals surface area contributed by atoms with Gasteiger partial charge in [0, 0.05) is 0 Å². The van der Waals surface area contributed by atoms with Crippen LogP contribution in [0.3, 0.4) is 0 Å². The second-order valence-electron chi connectivity index (χ2n) is 10.9. The van der Waals surface area contributed by atoms with Crippen molar-refractivity contribution in [2.75, 3.05) is 0 Å². The van der Waals surface area contributed by atoms with E-state index in [1.165, 1.54) is 25.7 Å². The maximum absolute atomic E-state index is 10.1. The number of aliphatic hydroxyl groups excluding tert-OH is 2. The maximum atomic E-state index is 10.1. The highest BCUT2D eigenvalue weighted by atomic mass is 16.3. The smallest absolute Gasteiger partial charge is 0.0809 e. The zero-order valence-electron chi connectivity index (χ0n) is 19.5. The lowest BCUT2D eigenvalue weighted by Gasteiger charge is -2.40. The topological polar surface area (TPSA) is 60.7 Å². The monoisotopic (exact) mass is 414 g/mol. The summed E-state index contributed by atoms with van der Waals surface area (Å²) in [5.41, 5.74) is 6.12. The van der Waals surface area contributed by atoms with Crippen LogP contribution in [0.15, 0.2) is 46.6 Å². The first kappa shape index (κ1) is 23.5. The highest BCUT2D eigenvalue weighted by Crippen LogP contribution is 2.58. The number of allylic oxidation sites excluding steroid dienone is 5.